The number of carbonyl (C=O) groups excluding carboxylic acids is 2. The Kier molecular flexibility index (Phi) is 6.89. The third-order valence-electron chi connectivity index (χ3n) is 7.47. The van der Waals surface area contributed by atoms with Crippen molar-refractivity contribution in [3.8, 4) is 0 Å². The second kappa shape index (κ2) is 10.0. The van der Waals surface area contributed by atoms with Crippen molar-refractivity contribution in [2.24, 2.45) is 17.8 Å². The van der Waals surface area contributed by atoms with Gasteiger partial charge in [-0.05, 0) is 54.7 Å². The number of amides is 2. The number of nitrogens with one attached hydrogen (secondary N) is 1. The molecule has 0 bridgehead atoms. The summed E-state index contributed by atoms with van der Waals surface area (Å²) in [6.45, 7) is 3.98. The Morgan fingerprint density at radius 3 is 2.35 bits per heavy atom. The van der Waals surface area contributed by atoms with E-state index in [0.717, 1.165) is 31.6 Å². The van der Waals surface area contributed by atoms with Crippen molar-refractivity contribution in [2.75, 3.05) is 32.7 Å². The second-order valence-electron chi connectivity index (χ2n) is 10.1. The van der Waals surface area contributed by atoms with Crippen LogP contribution in [-0.4, -0.2) is 54.3 Å². The number of carbonyl (C=O) groups is 2. The molecule has 2 aliphatic heterocycles. The Labute approximate surface area is 205 Å². The van der Waals surface area contributed by atoms with Gasteiger partial charge in [0.25, 0.3) is 5.91 Å². The first kappa shape index (κ1) is 23.3. The standard InChI is InChI=1S/C27H31ClFN3O2/c28-22-7-4-8-23(29)26(22)27(34)32-16-20-14-31(15-21(20)17-32)12-11-24(19-5-2-1-3-6-19)30-25(33)13-18-9-10-18/h1-8,18,20-21,24H,9-17H2,(H,30,33)/t20-,21?,24?/m0/s1. The molecule has 3 aliphatic rings. The summed E-state index contributed by atoms with van der Waals surface area (Å²) in [5.74, 6) is 0.608. The molecule has 34 heavy (non-hydrogen) atoms. The third kappa shape index (κ3) is 5.28. The van der Waals surface area contributed by atoms with Crippen LogP contribution in [0.1, 0.15) is 47.6 Å². The lowest BCUT2D eigenvalue weighted by Gasteiger charge is -2.25. The van der Waals surface area contributed by atoms with Gasteiger partial charge in [0.2, 0.25) is 5.91 Å². The molecule has 1 N–H and O–H groups in total. The molecule has 0 radical (unpaired) electrons. The highest BCUT2D eigenvalue weighted by atomic mass is 35.5. The largest absolute Gasteiger partial charge is 0.349 e. The SMILES string of the molecule is O=C(CC1CC1)NC(CCN1CC2CN(C(=O)c3c(F)cccc3Cl)C[C@@H]2C1)c1ccccc1. The predicted molar refractivity (Wildman–Crippen MR) is 130 cm³/mol. The molecule has 5 rings (SSSR count). The maximum absolute atomic E-state index is 14.2. The van der Waals surface area contributed by atoms with E-state index in [1.54, 1.807) is 11.0 Å². The summed E-state index contributed by atoms with van der Waals surface area (Å²) in [4.78, 5) is 29.6. The van der Waals surface area contributed by atoms with Gasteiger partial charge in [0.1, 0.15) is 5.82 Å². The Morgan fingerprint density at radius 1 is 1.00 bits per heavy atom. The zero-order valence-corrected chi connectivity index (χ0v) is 20.0. The van der Waals surface area contributed by atoms with E-state index in [9.17, 15) is 14.0 Å². The van der Waals surface area contributed by atoms with Gasteiger partial charge >= 0.3 is 0 Å². The zero-order chi connectivity index (χ0) is 23.7. The van der Waals surface area contributed by atoms with E-state index in [-0.39, 0.29) is 28.4 Å². The van der Waals surface area contributed by atoms with Gasteiger partial charge in [-0.2, -0.15) is 0 Å². The summed E-state index contributed by atoms with van der Waals surface area (Å²) < 4.78 is 14.2. The van der Waals surface area contributed by atoms with Crippen LogP contribution in [-0.2, 0) is 4.79 Å². The lowest BCUT2D eigenvalue weighted by molar-refractivity contribution is -0.122. The Hall–Kier alpha value is -2.44. The fraction of sp³-hybridized carbons (Fsp3) is 0.481. The number of hydrogen-bond donors (Lipinski definition) is 1. The smallest absolute Gasteiger partial charge is 0.258 e. The molecular formula is C27H31ClFN3O2. The highest BCUT2D eigenvalue weighted by Gasteiger charge is 2.42. The summed E-state index contributed by atoms with van der Waals surface area (Å²) in [6, 6.07) is 14.6. The normalized spacial score (nSPS) is 23.1. The minimum absolute atomic E-state index is 0.00849. The van der Waals surface area contributed by atoms with Crippen molar-refractivity contribution in [1.29, 1.82) is 0 Å². The van der Waals surface area contributed by atoms with E-state index in [4.69, 9.17) is 11.6 Å². The maximum Gasteiger partial charge on any atom is 0.258 e. The molecule has 1 aliphatic carbocycles. The monoisotopic (exact) mass is 483 g/mol. The Morgan fingerprint density at radius 2 is 1.71 bits per heavy atom. The van der Waals surface area contributed by atoms with Crippen molar-refractivity contribution >= 4 is 23.4 Å². The number of fused-ring (bicyclic) bond motifs is 1. The van der Waals surface area contributed by atoms with Crippen LogP contribution in [0.5, 0.6) is 0 Å². The van der Waals surface area contributed by atoms with Crippen LogP contribution < -0.4 is 5.32 Å². The average Bonchev–Trinajstić information content (AvgIpc) is 3.41. The van der Waals surface area contributed by atoms with Crippen LogP contribution in [0, 0.1) is 23.6 Å². The van der Waals surface area contributed by atoms with Crippen LogP contribution in [0.2, 0.25) is 5.02 Å². The minimum atomic E-state index is -0.563. The summed E-state index contributed by atoms with van der Waals surface area (Å²) in [5, 5.41) is 3.43. The van der Waals surface area contributed by atoms with Crippen molar-refractivity contribution in [2.45, 2.75) is 31.7 Å². The molecule has 2 aromatic rings. The molecule has 5 nitrogen and oxygen atoms in total. The van der Waals surface area contributed by atoms with Crippen LogP contribution in [0.3, 0.4) is 0 Å². The highest BCUT2D eigenvalue weighted by molar-refractivity contribution is 6.33. The number of nitrogens with zero attached hydrogens (tertiary/aromatic N) is 2. The maximum atomic E-state index is 14.2. The van der Waals surface area contributed by atoms with Crippen molar-refractivity contribution in [1.82, 2.24) is 15.1 Å². The second-order valence-corrected chi connectivity index (χ2v) is 10.5. The number of rotatable bonds is 8. The molecule has 2 amide bonds. The van der Waals surface area contributed by atoms with Gasteiger partial charge < -0.3 is 15.1 Å². The van der Waals surface area contributed by atoms with Gasteiger partial charge in [0.15, 0.2) is 0 Å². The van der Waals surface area contributed by atoms with Crippen molar-refractivity contribution < 1.29 is 14.0 Å². The van der Waals surface area contributed by atoms with Crippen LogP contribution >= 0.6 is 11.6 Å². The lowest BCUT2D eigenvalue weighted by atomic mass is 10.0. The van der Waals surface area contributed by atoms with E-state index in [1.165, 1.54) is 25.0 Å². The molecule has 2 aromatic carbocycles. The summed E-state index contributed by atoms with van der Waals surface area (Å²) in [7, 11) is 0. The Balaban J connectivity index is 1.16. The molecule has 0 spiro atoms. The number of halogens is 2. The molecule has 3 fully saturated rings. The van der Waals surface area contributed by atoms with Crippen molar-refractivity contribution in [3.05, 3.63) is 70.5 Å². The van der Waals surface area contributed by atoms with E-state index >= 15 is 0 Å². The molecule has 3 atom stereocenters. The molecule has 7 heteroatoms. The quantitative estimate of drug-likeness (QED) is 0.600. The molecular weight excluding hydrogens is 453 g/mol. The van der Waals surface area contributed by atoms with Gasteiger partial charge in [0, 0.05) is 39.1 Å². The molecule has 180 valence electrons. The fourth-order valence-electron chi connectivity index (χ4n) is 5.46. The lowest BCUT2D eigenvalue weighted by Crippen LogP contribution is -2.35. The minimum Gasteiger partial charge on any atom is -0.349 e. The van der Waals surface area contributed by atoms with Gasteiger partial charge in [-0.1, -0.05) is 48.0 Å². The first-order valence-corrected chi connectivity index (χ1v) is 12.7. The van der Waals surface area contributed by atoms with Crippen LogP contribution in [0.15, 0.2) is 48.5 Å². The highest BCUT2D eigenvalue weighted by Crippen LogP contribution is 2.34. The topological polar surface area (TPSA) is 52.7 Å². The van der Waals surface area contributed by atoms with Gasteiger partial charge in [-0.25, -0.2) is 4.39 Å². The summed E-state index contributed by atoms with van der Waals surface area (Å²) in [6.07, 6.45) is 3.83. The molecule has 1 saturated carbocycles. The molecule has 0 aromatic heterocycles. The summed E-state index contributed by atoms with van der Waals surface area (Å²) >= 11 is 6.11. The fourth-order valence-corrected chi connectivity index (χ4v) is 5.70. The van der Waals surface area contributed by atoms with E-state index in [0.29, 0.717) is 37.3 Å². The van der Waals surface area contributed by atoms with Crippen molar-refractivity contribution in [3.63, 3.8) is 0 Å². The van der Waals surface area contributed by atoms with E-state index in [2.05, 4.69) is 22.3 Å². The average molecular weight is 484 g/mol. The van der Waals surface area contributed by atoms with E-state index in [1.807, 2.05) is 18.2 Å². The van der Waals surface area contributed by atoms with E-state index < -0.39 is 5.82 Å². The molecule has 2 heterocycles. The Bertz CT molecular complexity index is 1010. The molecule has 2 unspecified atom stereocenters. The number of benzene rings is 2. The van der Waals surface area contributed by atoms with Crippen LogP contribution in [0.25, 0.3) is 0 Å². The predicted octanol–water partition coefficient (Wildman–Crippen LogP) is 4.53. The van der Waals surface area contributed by atoms with Gasteiger partial charge in [-0.3, -0.25) is 9.59 Å². The third-order valence-corrected chi connectivity index (χ3v) is 7.78. The summed E-state index contributed by atoms with van der Waals surface area (Å²) in [5.41, 5.74) is 1.12. The molecule has 2 saturated heterocycles. The first-order chi connectivity index (χ1) is 16.5. The first-order valence-electron chi connectivity index (χ1n) is 12.3. The van der Waals surface area contributed by atoms with Gasteiger partial charge in [-0.15, -0.1) is 0 Å². The number of likely N-dealkylation sites (tertiary alicyclic amines) is 2. The zero-order valence-electron chi connectivity index (χ0n) is 19.3. The van der Waals surface area contributed by atoms with Gasteiger partial charge in [0.05, 0.1) is 16.6 Å². The number of hydrogen-bond acceptors (Lipinski definition) is 3. The van der Waals surface area contributed by atoms with Crippen LogP contribution in [0.4, 0.5) is 4.39 Å².